The van der Waals surface area contributed by atoms with E-state index in [0.29, 0.717) is 11.7 Å². The quantitative estimate of drug-likeness (QED) is 0.859. The normalized spacial score (nSPS) is 12.0. The molecule has 2 aromatic rings. The highest BCUT2D eigenvalue weighted by atomic mass is 16.5. The molecule has 0 radical (unpaired) electrons. The Morgan fingerprint density at radius 3 is 2.69 bits per heavy atom. The zero-order valence-electron chi connectivity index (χ0n) is 9.87. The Balaban J connectivity index is 2.37. The molecular formula is C11H15N3O2. The van der Waals surface area contributed by atoms with Gasteiger partial charge in [0.25, 0.3) is 0 Å². The molecule has 0 aliphatic rings. The van der Waals surface area contributed by atoms with Gasteiger partial charge in [0, 0.05) is 0 Å². The smallest absolute Gasteiger partial charge is 0.246 e. The highest BCUT2D eigenvalue weighted by molar-refractivity contribution is 5.56. The lowest BCUT2D eigenvalue weighted by Crippen LogP contribution is -2.33. The van der Waals surface area contributed by atoms with Crippen LogP contribution in [0.2, 0.25) is 0 Å². The maximum absolute atomic E-state index is 5.23. The van der Waals surface area contributed by atoms with E-state index in [0.717, 1.165) is 11.3 Å². The van der Waals surface area contributed by atoms with Gasteiger partial charge in [-0.1, -0.05) is 5.16 Å². The molecule has 0 aliphatic carbocycles. The topological polar surface area (TPSA) is 64.1 Å². The summed E-state index contributed by atoms with van der Waals surface area (Å²) in [5.41, 5.74) is 0.532. The zero-order chi connectivity index (χ0) is 11.8. The fourth-order valence-electron chi connectivity index (χ4n) is 1.31. The molecule has 0 aromatic carbocycles. The minimum absolute atomic E-state index is 0.330. The summed E-state index contributed by atoms with van der Waals surface area (Å²) >= 11 is 0. The van der Waals surface area contributed by atoms with Gasteiger partial charge in [-0.3, -0.25) is 0 Å². The van der Waals surface area contributed by atoms with E-state index in [1.54, 1.807) is 6.26 Å². The van der Waals surface area contributed by atoms with Crippen LogP contribution in [0.3, 0.4) is 0 Å². The maximum atomic E-state index is 5.23. The number of furan rings is 1. The van der Waals surface area contributed by atoms with Crippen LogP contribution < -0.4 is 5.32 Å². The molecule has 0 atom stereocenters. The van der Waals surface area contributed by atoms with E-state index in [1.165, 1.54) is 0 Å². The van der Waals surface area contributed by atoms with Gasteiger partial charge in [-0.25, -0.2) is 0 Å². The Morgan fingerprint density at radius 1 is 1.38 bits per heavy atom. The van der Waals surface area contributed by atoms with Crippen LogP contribution in [0.5, 0.6) is 0 Å². The van der Waals surface area contributed by atoms with Gasteiger partial charge in [-0.15, -0.1) is 0 Å². The Hall–Kier alpha value is -1.62. The van der Waals surface area contributed by atoms with Crippen LogP contribution in [-0.2, 0) is 5.54 Å². The molecule has 2 heterocycles. The molecule has 16 heavy (non-hydrogen) atoms. The van der Waals surface area contributed by atoms with Crippen molar-refractivity contribution in [2.75, 3.05) is 7.05 Å². The Labute approximate surface area is 93.8 Å². The largest absolute Gasteiger partial charge is 0.469 e. The van der Waals surface area contributed by atoms with Crippen molar-refractivity contribution in [2.45, 2.75) is 26.3 Å². The molecule has 5 nitrogen and oxygen atoms in total. The van der Waals surface area contributed by atoms with E-state index in [2.05, 4.69) is 15.5 Å². The molecule has 0 saturated heterocycles. The molecule has 1 N–H and O–H groups in total. The first-order valence-corrected chi connectivity index (χ1v) is 5.12. The van der Waals surface area contributed by atoms with E-state index >= 15 is 0 Å². The minimum Gasteiger partial charge on any atom is -0.469 e. The van der Waals surface area contributed by atoms with Crippen LogP contribution in [0.15, 0.2) is 21.3 Å². The van der Waals surface area contributed by atoms with Gasteiger partial charge in [-0.2, -0.15) is 4.98 Å². The molecular weight excluding hydrogens is 206 g/mol. The van der Waals surface area contributed by atoms with Gasteiger partial charge in [-0.05, 0) is 33.9 Å². The molecule has 0 amide bonds. The number of aryl methyl sites for hydroxylation is 1. The monoisotopic (exact) mass is 221 g/mol. The van der Waals surface area contributed by atoms with Gasteiger partial charge < -0.3 is 14.3 Å². The second kappa shape index (κ2) is 3.75. The Kier molecular flexibility index (Phi) is 2.55. The van der Waals surface area contributed by atoms with Gasteiger partial charge in [0.05, 0.1) is 17.4 Å². The molecule has 0 fully saturated rings. The Bertz CT molecular complexity index is 485. The lowest BCUT2D eigenvalue weighted by molar-refractivity contribution is 0.281. The van der Waals surface area contributed by atoms with E-state index in [-0.39, 0.29) is 5.54 Å². The van der Waals surface area contributed by atoms with Crippen molar-refractivity contribution in [3.8, 4) is 11.4 Å². The predicted molar refractivity (Wildman–Crippen MR) is 58.8 cm³/mol. The molecule has 2 rings (SSSR count). The summed E-state index contributed by atoms with van der Waals surface area (Å²) < 4.78 is 10.4. The van der Waals surface area contributed by atoms with Crippen molar-refractivity contribution in [1.29, 1.82) is 0 Å². The van der Waals surface area contributed by atoms with Crippen LogP contribution in [0.4, 0.5) is 0 Å². The fourth-order valence-corrected chi connectivity index (χ4v) is 1.31. The van der Waals surface area contributed by atoms with Crippen molar-refractivity contribution in [2.24, 2.45) is 0 Å². The third kappa shape index (κ3) is 1.74. The number of hydrogen-bond acceptors (Lipinski definition) is 5. The minimum atomic E-state index is -0.330. The summed E-state index contributed by atoms with van der Waals surface area (Å²) in [5, 5.41) is 7.06. The predicted octanol–water partition coefficient (Wildman–Crippen LogP) is 2.09. The van der Waals surface area contributed by atoms with E-state index in [1.807, 2.05) is 33.9 Å². The molecule has 0 spiro atoms. The lowest BCUT2D eigenvalue weighted by Gasteiger charge is -2.17. The van der Waals surface area contributed by atoms with Crippen LogP contribution in [0.25, 0.3) is 11.4 Å². The van der Waals surface area contributed by atoms with E-state index in [9.17, 15) is 0 Å². The summed E-state index contributed by atoms with van der Waals surface area (Å²) in [6.07, 6.45) is 1.61. The maximum Gasteiger partial charge on any atom is 0.246 e. The number of nitrogens with one attached hydrogen (secondary N) is 1. The van der Waals surface area contributed by atoms with Crippen molar-refractivity contribution in [3.63, 3.8) is 0 Å². The van der Waals surface area contributed by atoms with Crippen LogP contribution >= 0.6 is 0 Å². The number of aromatic nitrogens is 2. The zero-order valence-corrected chi connectivity index (χ0v) is 9.87. The van der Waals surface area contributed by atoms with Crippen LogP contribution in [-0.4, -0.2) is 17.2 Å². The molecule has 5 heteroatoms. The molecule has 0 saturated carbocycles. The fraction of sp³-hybridized carbons (Fsp3) is 0.455. The summed E-state index contributed by atoms with van der Waals surface area (Å²) in [4.78, 5) is 4.36. The summed E-state index contributed by atoms with van der Waals surface area (Å²) in [6.45, 7) is 5.83. The second-order valence-corrected chi connectivity index (χ2v) is 4.19. The van der Waals surface area contributed by atoms with Gasteiger partial charge in [0.15, 0.2) is 0 Å². The summed E-state index contributed by atoms with van der Waals surface area (Å²) in [7, 11) is 1.85. The van der Waals surface area contributed by atoms with Gasteiger partial charge in [0.2, 0.25) is 11.7 Å². The highest BCUT2D eigenvalue weighted by Gasteiger charge is 2.26. The first kappa shape index (κ1) is 10.9. The lowest BCUT2D eigenvalue weighted by atomic mass is 10.1. The number of nitrogens with zero attached hydrogens (tertiary/aromatic N) is 2. The highest BCUT2D eigenvalue weighted by Crippen LogP contribution is 2.24. The average Bonchev–Trinajstić information content (AvgIpc) is 2.85. The Morgan fingerprint density at radius 2 is 2.12 bits per heavy atom. The van der Waals surface area contributed by atoms with E-state index in [4.69, 9.17) is 8.94 Å². The molecule has 0 bridgehead atoms. The molecule has 0 unspecified atom stereocenters. The van der Waals surface area contributed by atoms with Crippen molar-refractivity contribution in [1.82, 2.24) is 15.5 Å². The van der Waals surface area contributed by atoms with Crippen molar-refractivity contribution in [3.05, 3.63) is 24.0 Å². The first-order valence-electron chi connectivity index (χ1n) is 5.12. The first-order chi connectivity index (χ1) is 7.54. The van der Waals surface area contributed by atoms with Gasteiger partial charge >= 0.3 is 0 Å². The van der Waals surface area contributed by atoms with Crippen LogP contribution in [0, 0.1) is 6.92 Å². The molecule has 0 aliphatic heterocycles. The summed E-state index contributed by atoms with van der Waals surface area (Å²) in [5.74, 6) is 1.91. The van der Waals surface area contributed by atoms with Crippen molar-refractivity contribution >= 4 is 0 Å². The summed E-state index contributed by atoms with van der Waals surface area (Å²) in [6, 6.07) is 1.83. The van der Waals surface area contributed by atoms with Crippen LogP contribution in [0.1, 0.15) is 25.5 Å². The molecule has 86 valence electrons. The standard InChI is InChI=1S/C11H15N3O2/c1-7-8(5-6-15-7)9-13-10(16-14-9)11(2,3)12-4/h5-6,12H,1-4H3. The number of hydrogen-bond donors (Lipinski definition) is 1. The molecule has 2 aromatic heterocycles. The van der Waals surface area contributed by atoms with E-state index < -0.39 is 0 Å². The average molecular weight is 221 g/mol. The second-order valence-electron chi connectivity index (χ2n) is 4.19. The third-order valence-electron chi connectivity index (χ3n) is 2.69. The number of rotatable bonds is 3. The SMILES string of the molecule is CNC(C)(C)c1nc(-c2ccoc2C)no1. The third-order valence-corrected chi connectivity index (χ3v) is 2.69. The van der Waals surface area contributed by atoms with Gasteiger partial charge in [0.1, 0.15) is 5.76 Å². The van der Waals surface area contributed by atoms with Crippen molar-refractivity contribution < 1.29 is 8.94 Å².